The molecule has 0 radical (unpaired) electrons. The third-order valence-electron chi connectivity index (χ3n) is 3.02. The van der Waals surface area contributed by atoms with Crippen molar-refractivity contribution < 1.29 is 9.59 Å². The molecule has 0 saturated carbocycles. The number of carbonyl (C=O) groups excluding carboxylic acids is 2. The zero-order valence-corrected chi connectivity index (χ0v) is 11.9. The average Bonchev–Trinajstić information content (AvgIpc) is 2.95. The molecule has 7 heteroatoms. The fourth-order valence-corrected chi connectivity index (χ4v) is 2.58. The number of amides is 2. The molecule has 20 heavy (non-hydrogen) atoms. The quantitative estimate of drug-likeness (QED) is 0.560. The number of thiophene rings is 1. The lowest BCUT2D eigenvalue weighted by atomic mass is 10.0. The summed E-state index contributed by atoms with van der Waals surface area (Å²) in [5.41, 5.74) is 9.30. The van der Waals surface area contributed by atoms with Gasteiger partial charge in [0.05, 0.1) is 12.1 Å². The first kappa shape index (κ1) is 14.3. The monoisotopic (exact) mass is 292 g/mol. The van der Waals surface area contributed by atoms with Crippen LogP contribution in [0.3, 0.4) is 0 Å². The standard InChI is InChI=1S/C13H16N4O2S/c1-8-5-6-20-11(8)7-14-16-12(18)4-3-10-9(2)15-17-13(10)19/h5-7,10,15H,2-4H2,1H3,(H,16,18)(H,17,19)/b14-7+/t10-/m0/s1. The second-order valence-electron chi connectivity index (χ2n) is 4.49. The molecule has 6 nitrogen and oxygen atoms in total. The number of nitrogens with one attached hydrogen (secondary N) is 3. The molecule has 0 aliphatic carbocycles. The van der Waals surface area contributed by atoms with Crippen molar-refractivity contribution in [3.8, 4) is 0 Å². The molecule has 2 amide bonds. The summed E-state index contributed by atoms with van der Waals surface area (Å²) in [4.78, 5) is 24.0. The van der Waals surface area contributed by atoms with Gasteiger partial charge < -0.3 is 5.43 Å². The van der Waals surface area contributed by atoms with Gasteiger partial charge in [0.25, 0.3) is 0 Å². The fraction of sp³-hybridized carbons (Fsp3) is 0.308. The molecule has 0 bridgehead atoms. The summed E-state index contributed by atoms with van der Waals surface area (Å²) in [5.74, 6) is -0.729. The number of hydrazone groups is 1. The molecule has 1 fully saturated rings. The number of rotatable bonds is 5. The van der Waals surface area contributed by atoms with Crippen molar-refractivity contribution in [2.45, 2.75) is 19.8 Å². The normalized spacial score (nSPS) is 18.1. The highest BCUT2D eigenvalue weighted by molar-refractivity contribution is 7.11. The summed E-state index contributed by atoms with van der Waals surface area (Å²) in [7, 11) is 0. The lowest BCUT2D eigenvalue weighted by Crippen LogP contribution is -2.26. The Balaban J connectivity index is 1.76. The second kappa shape index (κ2) is 6.33. The molecule has 0 unspecified atom stereocenters. The minimum absolute atomic E-state index is 0.152. The average molecular weight is 292 g/mol. The first-order valence-corrected chi connectivity index (χ1v) is 7.06. The van der Waals surface area contributed by atoms with Crippen molar-refractivity contribution in [1.29, 1.82) is 0 Å². The van der Waals surface area contributed by atoms with Gasteiger partial charge in [0.15, 0.2) is 0 Å². The van der Waals surface area contributed by atoms with Gasteiger partial charge in [0, 0.05) is 17.0 Å². The van der Waals surface area contributed by atoms with Crippen molar-refractivity contribution in [2.75, 3.05) is 0 Å². The maximum Gasteiger partial charge on any atom is 0.247 e. The molecule has 2 rings (SSSR count). The van der Waals surface area contributed by atoms with E-state index in [-0.39, 0.29) is 24.2 Å². The number of hydrazine groups is 1. The van der Waals surface area contributed by atoms with E-state index in [0.29, 0.717) is 12.1 Å². The van der Waals surface area contributed by atoms with Gasteiger partial charge in [-0.2, -0.15) is 5.10 Å². The highest BCUT2D eigenvalue weighted by atomic mass is 32.1. The van der Waals surface area contributed by atoms with E-state index in [1.165, 1.54) is 0 Å². The van der Waals surface area contributed by atoms with E-state index in [9.17, 15) is 9.59 Å². The van der Waals surface area contributed by atoms with Gasteiger partial charge >= 0.3 is 0 Å². The molecule has 0 spiro atoms. The molecule has 1 aliphatic heterocycles. The van der Waals surface area contributed by atoms with E-state index in [1.54, 1.807) is 17.6 Å². The Kier molecular flexibility index (Phi) is 4.52. The SMILES string of the molecule is C=C1NNC(=O)[C@H]1CCC(=O)N/N=C/c1sccc1C. The van der Waals surface area contributed by atoms with E-state index in [4.69, 9.17) is 0 Å². The van der Waals surface area contributed by atoms with Crippen molar-refractivity contribution in [3.63, 3.8) is 0 Å². The molecule has 2 heterocycles. The summed E-state index contributed by atoms with van der Waals surface area (Å²) in [5, 5.41) is 5.87. The smallest absolute Gasteiger partial charge is 0.247 e. The lowest BCUT2D eigenvalue weighted by Gasteiger charge is -2.05. The van der Waals surface area contributed by atoms with E-state index >= 15 is 0 Å². The number of hydrogen-bond acceptors (Lipinski definition) is 5. The molecule has 0 aromatic carbocycles. The molecule has 106 valence electrons. The maximum atomic E-state index is 11.6. The third-order valence-corrected chi connectivity index (χ3v) is 3.97. The van der Waals surface area contributed by atoms with Gasteiger partial charge in [-0.15, -0.1) is 11.3 Å². The van der Waals surface area contributed by atoms with Crippen LogP contribution in [0, 0.1) is 12.8 Å². The van der Waals surface area contributed by atoms with Crippen LogP contribution in [-0.4, -0.2) is 18.0 Å². The zero-order chi connectivity index (χ0) is 14.5. The first-order valence-electron chi connectivity index (χ1n) is 6.18. The summed E-state index contributed by atoms with van der Waals surface area (Å²) in [6, 6.07) is 1.99. The van der Waals surface area contributed by atoms with Gasteiger partial charge in [-0.25, -0.2) is 5.43 Å². The summed E-state index contributed by atoms with van der Waals surface area (Å²) < 4.78 is 0. The number of aryl methyl sites for hydroxylation is 1. The van der Waals surface area contributed by atoms with E-state index in [1.807, 2.05) is 18.4 Å². The zero-order valence-electron chi connectivity index (χ0n) is 11.1. The van der Waals surface area contributed by atoms with Gasteiger partial charge in [-0.1, -0.05) is 6.58 Å². The topological polar surface area (TPSA) is 82.6 Å². The Morgan fingerprint density at radius 1 is 1.60 bits per heavy atom. The predicted molar refractivity (Wildman–Crippen MR) is 77.9 cm³/mol. The minimum Gasteiger partial charge on any atom is -0.303 e. The van der Waals surface area contributed by atoms with Crippen LogP contribution in [0.5, 0.6) is 0 Å². The van der Waals surface area contributed by atoms with Crippen LogP contribution in [-0.2, 0) is 9.59 Å². The molecular formula is C13H16N4O2S. The Bertz CT molecular complexity index is 548. The van der Waals surface area contributed by atoms with Gasteiger partial charge in [0.2, 0.25) is 11.8 Å². The molecule has 1 aliphatic rings. The maximum absolute atomic E-state index is 11.6. The highest BCUT2D eigenvalue weighted by Gasteiger charge is 2.27. The van der Waals surface area contributed by atoms with Gasteiger partial charge in [0.1, 0.15) is 0 Å². The van der Waals surface area contributed by atoms with Crippen LogP contribution >= 0.6 is 11.3 Å². The number of carbonyl (C=O) groups is 2. The van der Waals surface area contributed by atoms with Gasteiger partial charge in [-0.3, -0.25) is 15.0 Å². The van der Waals surface area contributed by atoms with Crippen molar-refractivity contribution in [3.05, 3.63) is 34.2 Å². The third kappa shape index (κ3) is 3.45. The van der Waals surface area contributed by atoms with Crippen LogP contribution in [0.2, 0.25) is 0 Å². The molecule has 1 aromatic rings. The summed E-state index contributed by atoms with van der Waals surface area (Å²) >= 11 is 1.56. The Hall–Kier alpha value is -2.15. The van der Waals surface area contributed by atoms with E-state index in [0.717, 1.165) is 10.4 Å². The second-order valence-corrected chi connectivity index (χ2v) is 5.44. The van der Waals surface area contributed by atoms with Gasteiger partial charge in [-0.05, 0) is 30.4 Å². The Morgan fingerprint density at radius 3 is 3.00 bits per heavy atom. The summed E-state index contributed by atoms with van der Waals surface area (Å²) in [6.07, 6.45) is 2.26. The number of nitrogens with zero attached hydrogens (tertiary/aromatic N) is 1. The lowest BCUT2D eigenvalue weighted by molar-refractivity contribution is -0.123. The molecule has 3 N–H and O–H groups in total. The highest BCUT2D eigenvalue weighted by Crippen LogP contribution is 2.17. The molecule has 1 atom stereocenters. The molecule has 1 saturated heterocycles. The van der Waals surface area contributed by atoms with Crippen molar-refractivity contribution >= 4 is 29.4 Å². The molecule has 1 aromatic heterocycles. The Morgan fingerprint density at radius 2 is 2.40 bits per heavy atom. The van der Waals surface area contributed by atoms with Crippen LogP contribution in [0.25, 0.3) is 0 Å². The van der Waals surface area contributed by atoms with Crippen LogP contribution in [0.1, 0.15) is 23.3 Å². The predicted octanol–water partition coefficient (Wildman–Crippen LogP) is 1.05. The van der Waals surface area contributed by atoms with E-state index in [2.05, 4.69) is 28.0 Å². The largest absolute Gasteiger partial charge is 0.303 e. The van der Waals surface area contributed by atoms with Crippen molar-refractivity contribution in [2.24, 2.45) is 11.0 Å². The minimum atomic E-state index is -0.357. The van der Waals surface area contributed by atoms with Crippen LogP contribution in [0.15, 0.2) is 28.8 Å². The Labute approximate surface area is 120 Å². The van der Waals surface area contributed by atoms with Crippen molar-refractivity contribution in [1.82, 2.24) is 16.3 Å². The number of hydrogen-bond donors (Lipinski definition) is 3. The van der Waals surface area contributed by atoms with E-state index < -0.39 is 0 Å². The summed E-state index contributed by atoms with van der Waals surface area (Å²) in [6.45, 7) is 5.70. The fourth-order valence-electron chi connectivity index (χ4n) is 1.79. The first-order chi connectivity index (χ1) is 9.58. The molecular weight excluding hydrogens is 276 g/mol. The van der Waals surface area contributed by atoms with Crippen LogP contribution < -0.4 is 16.3 Å². The van der Waals surface area contributed by atoms with Crippen LogP contribution in [0.4, 0.5) is 0 Å².